The summed E-state index contributed by atoms with van der Waals surface area (Å²) >= 11 is 0. The average Bonchev–Trinajstić information content (AvgIpc) is 3.03. The number of methoxy groups -OCH3 is 1. The van der Waals surface area contributed by atoms with Crippen molar-refractivity contribution >= 4 is 22.6 Å². The number of fused-ring (bicyclic) bond motifs is 2. The van der Waals surface area contributed by atoms with E-state index in [0.717, 1.165) is 37.3 Å². The summed E-state index contributed by atoms with van der Waals surface area (Å²) in [6.45, 7) is 5.76. The molecule has 5 heteroatoms. The number of anilines is 1. The van der Waals surface area contributed by atoms with Crippen LogP contribution in [0.3, 0.4) is 0 Å². The third kappa shape index (κ3) is 3.16. The van der Waals surface area contributed by atoms with Crippen molar-refractivity contribution in [2.45, 2.75) is 38.8 Å². The summed E-state index contributed by atoms with van der Waals surface area (Å²) in [7, 11) is 1.75. The van der Waals surface area contributed by atoms with Crippen molar-refractivity contribution in [2.75, 3.05) is 25.1 Å². The van der Waals surface area contributed by atoms with E-state index in [1.807, 2.05) is 6.07 Å². The fourth-order valence-corrected chi connectivity index (χ4v) is 4.77. The average molecular weight is 353 g/mol. The molecule has 26 heavy (non-hydrogen) atoms. The summed E-state index contributed by atoms with van der Waals surface area (Å²) in [5.41, 5.74) is 2.33. The molecular weight excluding hydrogens is 326 g/mol. The van der Waals surface area contributed by atoms with Gasteiger partial charge in [-0.25, -0.2) is 4.98 Å². The molecule has 1 aromatic carbocycles. The number of pyridine rings is 1. The maximum Gasteiger partial charge on any atom is 0.217 e. The zero-order chi connectivity index (χ0) is 18.3. The van der Waals surface area contributed by atoms with Crippen molar-refractivity contribution in [1.82, 2.24) is 10.3 Å². The van der Waals surface area contributed by atoms with E-state index < -0.39 is 0 Å². The van der Waals surface area contributed by atoms with Crippen LogP contribution in [0.5, 0.6) is 0 Å². The fraction of sp³-hybridized carbons (Fsp3) is 0.524. The Hall–Kier alpha value is -2.14. The largest absolute Gasteiger partial charge is 0.379 e. The Labute approximate surface area is 154 Å². The van der Waals surface area contributed by atoms with Crippen LogP contribution in [0.15, 0.2) is 30.3 Å². The van der Waals surface area contributed by atoms with Crippen molar-refractivity contribution in [1.29, 1.82) is 0 Å². The zero-order valence-corrected chi connectivity index (χ0v) is 15.7. The van der Waals surface area contributed by atoms with E-state index in [1.54, 1.807) is 14.0 Å². The number of nitrogens with zero attached hydrogens (tertiary/aromatic N) is 2. The predicted octanol–water partition coefficient (Wildman–Crippen LogP) is 2.91. The highest BCUT2D eigenvalue weighted by atomic mass is 16.5. The normalized spacial score (nSPS) is 28.2. The van der Waals surface area contributed by atoms with Crippen LogP contribution in [0, 0.1) is 18.8 Å². The third-order valence-electron chi connectivity index (χ3n) is 6.04. The number of hydrogen-bond donors (Lipinski definition) is 1. The second-order valence-corrected chi connectivity index (χ2v) is 7.79. The van der Waals surface area contributed by atoms with Gasteiger partial charge in [0.2, 0.25) is 5.91 Å². The van der Waals surface area contributed by atoms with E-state index >= 15 is 0 Å². The molecule has 0 unspecified atom stereocenters. The highest BCUT2D eigenvalue weighted by Gasteiger charge is 2.43. The summed E-state index contributed by atoms with van der Waals surface area (Å²) in [5, 5.41) is 4.31. The third-order valence-corrected chi connectivity index (χ3v) is 6.04. The van der Waals surface area contributed by atoms with E-state index in [2.05, 4.69) is 41.4 Å². The Morgan fingerprint density at radius 2 is 1.96 bits per heavy atom. The lowest BCUT2D eigenvalue weighted by Crippen LogP contribution is -2.49. The van der Waals surface area contributed by atoms with Crippen LogP contribution in [0.1, 0.15) is 25.3 Å². The molecule has 0 radical (unpaired) electrons. The van der Waals surface area contributed by atoms with Crippen LogP contribution >= 0.6 is 0 Å². The summed E-state index contributed by atoms with van der Waals surface area (Å²) in [6, 6.07) is 10.6. The number of carbonyl (C=O) groups is 1. The highest BCUT2D eigenvalue weighted by Crippen LogP contribution is 2.39. The van der Waals surface area contributed by atoms with Gasteiger partial charge in [0.05, 0.1) is 17.7 Å². The van der Waals surface area contributed by atoms with Gasteiger partial charge in [-0.05, 0) is 49.3 Å². The SMILES string of the molecule is CO[C@@H]1C[C@H]2CN(c3cc(C)c4ccccc4n3)C[C@H]2C[C@H]1NC(C)=O. The molecule has 138 valence electrons. The lowest BCUT2D eigenvalue weighted by atomic mass is 9.77. The Morgan fingerprint density at radius 1 is 1.23 bits per heavy atom. The molecule has 4 rings (SSSR count). The van der Waals surface area contributed by atoms with E-state index in [1.165, 1.54) is 10.9 Å². The van der Waals surface area contributed by atoms with Crippen LogP contribution in [0.2, 0.25) is 0 Å². The van der Waals surface area contributed by atoms with Gasteiger partial charge in [0.15, 0.2) is 0 Å². The highest BCUT2D eigenvalue weighted by molar-refractivity contribution is 5.83. The number of nitrogens with one attached hydrogen (secondary N) is 1. The van der Waals surface area contributed by atoms with Crippen LogP contribution in [-0.4, -0.2) is 43.2 Å². The number of rotatable bonds is 3. The van der Waals surface area contributed by atoms with Gasteiger partial charge in [-0.3, -0.25) is 4.79 Å². The van der Waals surface area contributed by atoms with Crippen molar-refractivity contribution in [3.05, 3.63) is 35.9 Å². The molecule has 1 amide bonds. The molecular formula is C21H27N3O2. The molecule has 1 saturated carbocycles. The van der Waals surface area contributed by atoms with Crippen LogP contribution < -0.4 is 10.2 Å². The number of aryl methyl sites for hydroxylation is 1. The first-order chi connectivity index (χ1) is 12.5. The Morgan fingerprint density at radius 3 is 2.69 bits per heavy atom. The Bertz CT molecular complexity index is 822. The number of amides is 1. The lowest BCUT2D eigenvalue weighted by molar-refractivity contribution is -0.121. The molecule has 1 saturated heterocycles. The van der Waals surface area contributed by atoms with Gasteiger partial charge in [-0.2, -0.15) is 0 Å². The van der Waals surface area contributed by atoms with Crippen LogP contribution in [0.4, 0.5) is 5.82 Å². The zero-order valence-electron chi connectivity index (χ0n) is 15.7. The molecule has 2 fully saturated rings. The maximum atomic E-state index is 11.5. The van der Waals surface area contributed by atoms with E-state index in [0.29, 0.717) is 11.8 Å². The molecule has 1 N–H and O–H groups in total. The number of aromatic nitrogens is 1. The molecule has 0 bridgehead atoms. The van der Waals surface area contributed by atoms with E-state index in [4.69, 9.17) is 9.72 Å². The fourth-order valence-electron chi connectivity index (χ4n) is 4.77. The smallest absolute Gasteiger partial charge is 0.217 e. The van der Waals surface area contributed by atoms with Gasteiger partial charge in [-0.15, -0.1) is 0 Å². The van der Waals surface area contributed by atoms with Gasteiger partial charge in [0.1, 0.15) is 5.82 Å². The topological polar surface area (TPSA) is 54.5 Å². The first-order valence-electron chi connectivity index (χ1n) is 9.46. The van der Waals surface area contributed by atoms with E-state index in [-0.39, 0.29) is 18.1 Å². The summed E-state index contributed by atoms with van der Waals surface area (Å²) in [5.74, 6) is 2.27. The molecule has 5 nitrogen and oxygen atoms in total. The first kappa shape index (κ1) is 17.3. The van der Waals surface area contributed by atoms with Gasteiger partial charge in [0, 0.05) is 32.5 Å². The van der Waals surface area contributed by atoms with Crippen LogP contribution in [-0.2, 0) is 9.53 Å². The molecule has 2 aliphatic rings. The first-order valence-corrected chi connectivity index (χ1v) is 9.46. The summed E-state index contributed by atoms with van der Waals surface area (Å²) < 4.78 is 5.68. The Kier molecular flexibility index (Phi) is 4.57. The number of para-hydroxylation sites is 1. The van der Waals surface area contributed by atoms with Crippen molar-refractivity contribution < 1.29 is 9.53 Å². The number of benzene rings is 1. The van der Waals surface area contributed by atoms with Crippen molar-refractivity contribution in [3.63, 3.8) is 0 Å². The van der Waals surface area contributed by atoms with E-state index in [9.17, 15) is 4.79 Å². The van der Waals surface area contributed by atoms with Gasteiger partial charge >= 0.3 is 0 Å². The predicted molar refractivity (Wildman–Crippen MR) is 103 cm³/mol. The van der Waals surface area contributed by atoms with Crippen LogP contribution in [0.25, 0.3) is 10.9 Å². The Balaban J connectivity index is 1.56. The minimum Gasteiger partial charge on any atom is -0.379 e. The molecule has 4 atom stereocenters. The molecule has 2 heterocycles. The minimum atomic E-state index is 0.0252. The van der Waals surface area contributed by atoms with Gasteiger partial charge in [0.25, 0.3) is 0 Å². The molecule has 1 aromatic heterocycles. The summed E-state index contributed by atoms with van der Waals surface area (Å²) in [4.78, 5) is 18.8. The second kappa shape index (κ2) is 6.88. The summed E-state index contributed by atoms with van der Waals surface area (Å²) in [6.07, 6.45) is 2.08. The second-order valence-electron chi connectivity index (χ2n) is 7.79. The standard InChI is InChI=1S/C21H27N3O2/c1-13-8-21(23-18-7-5-4-6-17(13)18)24-11-15-9-19(22-14(2)25)20(26-3)10-16(15)12-24/h4-8,15-16,19-20H,9-12H2,1-3H3,(H,22,25)/t15-,16+,19-,20-/m1/s1. The number of ether oxygens (including phenoxy) is 1. The lowest BCUT2D eigenvalue weighted by Gasteiger charge is -2.37. The number of hydrogen-bond acceptors (Lipinski definition) is 4. The van der Waals surface area contributed by atoms with Crippen molar-refractivity contribution in [2.24, 2.45) is 11.8 Å². The molecule has 1 aliphatic heterocycles. The maximum absolute atomic E-state index is 11.5. The number of carbonyl (C=O) groups excluding carboxylic acids is 1. The minimum absolute atomic E-state index is 0.0252. The van der Waals surface area contributed by atoms with Gasteiger partial charge in [-0.1, -0.05) is 18.2 Å². The molecule has 0 spiro atoms. The quantitative estimate of drug-likeness (QED) is 0.922. The van der Waals surface area contributed by atoms with Gasteiger partial charge < -0.3 is 15.0 Å². The molecule has 1 aliphatic carbocycles. The molecule has 2 aromatic rings. The monoisotopic (exact) mass is 353 g/mol. The van der Waals surface area contributed by atoms with Crippen molar-refractivity contribution in [3.8, 4) is 0 Å².